The number of allylic oxidation sites excluding steroid dienone is 1. The second-order valence-corrected chi connectivity index (χ2v) is 15.3. The average Bonchev–Trinajstić information content (AvgIpc) is 3.41. The zero-order valence-electron chi connectivity index (χ0n) is 25.0. The molecule has 5 aliphatic carbocycles. The van der Waals surface area contributed by atoms with E-state index in [0.717, 1.165) is 50.5 Å². The summed E-state index contributed by atoms with van der Waals surface area (Å²) in [5.41, 5.74) is 1.67. The van der Waals surface area contributed by atoms with Crippen LogP contribution in [0.25, 0.3) is 0 Å². The van der Waals surface area contributed by atoms with Gasteiger partial charge in [0.05, 0.1) is 11.5 Å². The molecular weight excluding hydrogens is 488 g/mol. The molecule has 1 heterocycles. The van der Waals surface area contributed by atoms with E-state index in [1.807, 2.05) is 6.92 Å². The molecule has 1 aromatic heterocycles. The standard InChI is InChI=1S/C33H48N2O4/c1-18(2)27-22(36)17-33(29(38)34-26-16-19(3)39-35-26)15-10-21-20(28(27)33)8-9-24-31(21,6)13-11-23-30(4,5)25(37)12-14-32(23,24)7/h16,18,20-21,23-25,37H,8-15,17H2,1-7H3,(H,34,35,38)/t20?,21?,23?,24?,25-,31-,32-,33?/m0/s1. The Hall–Kier alpha value is -1.95. The number of fused-ring (bicyclic) bond motifs is 7. The van der Waals surface area contributed by atoms with E-state index in [4.69, 9.17) is 4.52 Å². The normalized spacial score (nSPS) is 43.0. The summed E-state index contributed by atoms with van der Waals surface area (Å²) in [7, 11) is 0. The molecule has 1 amide bonds. The molecule has 214 valence electrons. The molecule has 4 saturated carbocycles. The first-order chi connectivity index (χ1) is 18.3. The van der Waals surface area contributed by atoms with E-state index in [0.29, 0.717) is 29.3 Å². The summed E-state index contributed by atoms with van der Waals surface area (Å²) < 4.78 is 5.22. The number of nitrogens with one attached hydrogen (secondary N) is 1. The van der Waals surface area contributed by atoms with E-state index in [1.165, 1.54) is 12.0 Å². The van der Waals surface area contributed by atoms with E-state index >= 15 is 0 Å². The number of aromatic nitrogens is 1. The number of nitrogens with zero attached hydrogens (tertiary/aromatic N) is 1. The highest BCUT2D eigenvalue weighted by Crippen LogP contribution is 2.72. The molecule has 0 spiro atoms. The van der Waals surface area contributed by atoms with Gasteiger partial charge in [0.1, 0.15) is 5.76 Å². The molecular formula is C33H48N2O4. The summed E-state index contributed by atoms with van der Waals surface area (Å²) >= 11 is 0. The van der Waals surface area contributed by atoms with Gasteiger partial charge in [-0.05, 0) is 115 Å². The van der Waals surface area contributed by atoms with Gasteiger partial charge >= 0.3 is 0 Å². The van der Waals surface area contributed by atoms with Crippen molar-refractivity contribution in [1.82, 2.24) is 5.16 Å². The van der Waals surface area contributed by atoms with Crippen molar-refractivity contribution >= 4 is 17.5 Å². The minimum Gasteiger partial charge on any atom is -0.393 e. The van der Waals surface area contributed by atoms with E-state index in [2.05, 4.69) is 52.0 Å². The summed E-state index contributed by atoms with van der Waals surface area (Å²) in [5.74, 6) is 3.17. The number of rotatable bonds is 3. The largest absolute Gasteiger partial charge is 0.393 e. The zero-order valence-corrected chi connectivity index (χ0v) is 25.0. The van der Waals surface area contributed by atoms with Crippen LogP contribution >= 0.6 is 0 Å². The van der Waals surface area contributed by atoms with Gasteiger partial charge in [-0.15, -0.1) is 0 Å². The Kier molecular flexibility index (Phi) is 6.13. The Balaban J connectivity index is 1.38. The number of hydrogen-bond acceptors (Lipinski definition) is 5. The van der Waals surface area contributed by atoms with Crippen LogP contribution in [0.2, 0.25) is 0 Å². The van der Waals surface area contributed by atoms with Crippen LogP contribution in [-0.4, -0.2) is 28.1 Å². The Labute approximate surface area is 233 Å². The Bertz CT molecular complexity index is 1230. The van der Waals surface area contributed by atoms with Crippen molar-refractivity contribution in [2.45, 2.75) is 112 Å². The number of ketones is 1. The van der Waals surface area contributed by atoms with Crippen LogP contribution in [0.5, 0.6) is 0 Å². The van der Waals surface area contributed by atoms with E-state index in [9.17, 15) is 14.7 Å². The molecule has 4 fully saturated rings. The molecule has 0 aliphatic heterocycles. The van der Waals surface area contributed by atoms with Crippen LogP contribution in [0.4, 0.5) is 5.82 Å². The monoisotopic (exact) mass is 536 g/mol. The van der Waals surface area contributed by atoms with Crippen LogP contribution in [0, 0.1) is 58.2 Å². The second kappa shape index (κ2) is 8.77. The summed E-state index contributed by atoms with van der Waals surface area (Å²) in [6, 6.07) is 1.75. The summed E-state index contributed by atoms with van der Waals surface area (Å²) in [6.45, 7) is 15.7. The molecule has 5 aliphatic rings. The molecule has 6 nitrogen and oxygen atoms in total. The van der Waals surface area contributed by atoms with Gasteiger partial charge in [0.25, 0.3) is 0 Å². The minimum atomic E-state index is -0.772. The maximum absolute atomic E-state index is 14.1. The lowest BCUT2D eigenvalue weighted by molar-refractivity contribution is -0.203. The number of hydrogen-bond donors (Lipinski definition) is 2. The third-order valence-corrected chi connectivity index (χ3v) is 12.9. The number of carbonyl (C=O) groups excluding carboxylic acids is 2. The number of anilines is 1. The van der Waals surface area contributed by atoms with Crippen molar-refractivity contribution in [2.24, 2.45) is 51.2 Å². The molecule has 1 aromatic rings. The maximum Gasteiger partial charge on any atom is 0.236 e. The molecule has 6 rings (SSSR count). The number of amides is 1. The molecule has 0 radical (unpaired) electrons. The first-order valence-corrected chi connectivity index (χ1v) is 15.5. The first-order valence-electron chi connectivity index (χ1n) is 15.5. The van der Waals surface area contributed by atoms with Gasteiger partial charge in [0, 0.05) is 12.5 Å². The highest BCUT2D eigenvalue weighted by Gasteiger charge is 2.67. The summed E-state index contributed by atoms with van der Waals surface area (Å²) in [4.78, 5) is 27.7. The number of aliphatic hydroxyl groups excluding tert-OH is 1. The lowest BCUT2D eigenvalue weighted by Gasteiger charge is -2.68. The quantitative estimate of drug-likeness (QED) is 0.440. The van der Waals surface area contributed by atoms with Gasteiger partial charge in [-0.25, -0.2) is 0 Å². The van der Waals surface area contributed by atoms with Crippen LogP contribution in [0.15, 0.2) is 21.7 Å². The molecule has 0 bridgehead atoms. The average molecular weight is 537 g/mol. The van der Waals surface area contributed by atoms with Gasteiger partial charge in [0.2, 0.25) is 5.91 Å². The molecule has 39 heavy (non-hydrogen) atoms. The third kappa shape index (κ3) is 3.65. The van der Waals surface area contributed by atoms with Crippen LogP contribution in [-0.2, 0) is 9.59 Å². The fraction of sp³-hybridized carbons (Fsp3) is 0.788. The van der Waals surface area contributed by atoms with Crippen molar-refractivity contribution in [3.05, 3.63) is 23.0 Å². The van der Waals surface area contributed by atoms with Gasteiger partial charge < -0.3 is 14.9 Å². The van der Waals surface area contributed by atoms with Crippen molar-refractivity contribution in [3.8, 4) is 0 Å². The van der Waals surface area contributed by atoms with E-state index in [1.54, 1.807) is 6.07 Å². The Morgan fingerprint density at radius 3 is 2.41 bits per heavy atom. The number of aryl methyl sites for hydroxylation is 1. The second-order valence-electron chi connectivity index (χ2n) is 15.3. The highest BCUT2D eigenvalue weighted by molar-refractivity contribution is 6.09. The van der Waals surface area contributed by atoms with Gasteiger partial charge in [-0.3, -0.25) is 9.59 Å². The topological polar surface area (TPSA) is 92.4 Å². The van der Waals surface area contributed by atoms with E-state index < -0.39 is 5.41 Å². The lowest BCUT2D eigenvalue weighted by Crippen LogP contribution is -2.62. The summed E-state index contributed by atoms with van der Waals surface area (Å²) in [6.07, 6.45) is 8.28. The van der Waals surface area contributed by atoms with Gasteiger partial charge in [-0.1, -0.05) is 46.7 Å². The molecule has 8 atom stereocenters. The predicted octanol–water partition coefficient (Wildman–Crippen LogP) is 6.87. The van der Waals surface area contributed by atoms with E-state index in [-0.39, 0.29) is 52.3 Å². The summed E-state index contributed by atoms with van der Waals surface area (Å²) in [5, 5.41) is 18.0. The van der Waals surface area contributed by atoms with Crippen LogP contribution in [0.1, 0.15) is 105 Å². The fourth-order valence-electron chi connectivity index (χ4n) is 11.2. The Morgan fingerprint density at radius 2 is 1.74 bits per heavy atom. The van der Waals surface area contributed by atoms with Crippen molar-refractivity contribution in [1.29, 1.82) is 0 Å². The smallest absolute Gasteiger partial charge is 0.236 e. The molecule has 2 N–H and O–H groups in total. The third-order valence-electron chi connectivity index (χ3n) is 12.9. The molecule has 6 heteroatoms. The maximum atomic E-state index is 14.1. The van der Waals surface area contributed by atoms with Crippen LogP contribution < -0.4 is 5.32 Å². The lowest BCUT2D eigenvalue weighted by atomic mass is 9.36. The van der Waals surface area contributed by atoms with Crippen molar-refractivity contribution in [3.63, 3.8) is 0 Å². The SMILES string of the molecule is Cc1cc(NC(=O)C23CCC4C(CCC5[C@@]4(C)CCC4C(C)(C)[C@@H](O)CC[C@@]45C)C2=C(C(C)C)C(=O)C3)no1. The number of aliphatic hydroxyl groups is 1. The predicted molar refractivity (Wildman–Crippen MR) is 151 cm³/mol. The highest BCUT2D eigenvalue weighted by atomic mass is 16.5. The number of Topliss-reactive ketones (excluding diaryl/α,β-unsaturated/α-hetero) is 1. The zero-order chi connectivity index (χ0) is 28.1. The number of carbonyl (C=O) groups is 2. The molecule has 0 aromatic carbocycles. The van der Waals surface area contributed by atoms with Crippen molar-refractivity contribution in [2.75, 3.05) is 5.32 Å². The fourth-order valence-corrected chi connectivity index (χ4v) is 11.2. The minimum absolute atomic E-state index is 0.0598. The van der Waals surface area contributed by atoms with Crippen LogP contribution in [0.3, 0.4) is 0 Å². The Morgan fingerprint density at radius 1 is 1.03 bits per heavy atom. The first kappa shape index (κ1) is 27.2. The van der Waals surface area contributed by atoms with Gasteiger partial charge in [-0.2, -0.15) is 0 Å². The van der Waals surface area contributed by atoms with Gasteiger partial charge in [0.15, 0.2) is 11.6 Å². The van der Waals surface area contributed by atoms with Crippen molar-refractivity contribution < 1.29 is 19.2 Å². The molecule has 0 saturated heterocycles. The molecule has 5 unspecified atom stereocenters.